The van der Waals surface area contributed by atoms with E-state index in [2.05, 4.69) is 274 Å². The molecule has 12 aromatic rings. The number of nitrogens with zero attached hydrogens (tertiary/aromatic N) is 4. The van der Waals surface area contributed by atoms with Gasteiger partial charge in [-0.15, -0.1) is 0 Å². The Kier molecular flexibility index (Phi) is 10.5. The Bertz CT molecular complexity index is 4900. The monoisotopic (exact) mass is 1130 g/mol. The number of hydrogen-bond acceptors (Lipinski definition) is 6. The molecule has 0 bridgehead atoms. The summed E-state index contributed by atoms with van der Waals surface area (Å²) in [5, 5.41) is 4.47. The predicted octanol–water partition coefficient (Wildman–Crippen LogP) is 20.0. The fourth-order valence-electron chi connectivity index (χ4n) is 18.1. The third kappa shape index (κ3) is 6.83. The van der Waals surface area contributed by atoms with Crippen molar-refractivity contribution in [2.45, 2.75) is 127 Å². The van der Waals surface area contributed by atoms with Gasteiger partial charge in [-0.1, -0.05) is 182 Å². The smallest absolute Gasteiger partial charge is 0.252 e. The summed E-state index contributed by atoms with van der Waals surface area (Å²) >= 11 is 0. The molecule has 6 aliphatic rings. The maximum atomic E-state index is 7.25. The predicted molar refractivity (Wildman–Crippen MR) is 365 cm³/mol. The first-order chi connectivity index (χ1) is 42.2. The number of anilines is 10. The molecule has 6 heterocycles. The lowest BCUT2D eigenvalue weighted by Crippen LogP contribution is -2.62. The van der Waals surface area contributed by atoms with Crippen molar-refractivity contribution in [2.75, 3.05) is 19.6 Å². The van der Waals surface area contributed by atoms with E-state index in [9.17, 15) is 0 Å². The van der Waals surface area contributed by atoms with Gasteiger partial charge in [0, 0.05) is 83.6 Å². The van der Waals surface area contributed by atoms with E-state index in [1.807, 2.05) is 0 Å². The van der Waals surface area contributed by atoms with E-state index in [0.717, 1.165) is 80.9 Å². The van der Waals surface area contributed by atoms with Crippen LogP contribution in [-0.4, -0.2) is 17.8 Å². The van der Waals surface area contributed by atoms with Crippen LogP contribution in [0.15, 0.2) is 215 Å². The van der Waals surface area contributed by atoms with Gasteiger partial charge in [-0.05, 0) is 174 Å². The second kappa shape index (κ2) is 17.8. The fourth-order valence-corrected chi connectivity index (χ4v) is 18.1. The molecule has 2 saturated carbocycles. The van der Waals surface area contributed by atoms with Gasteiger partial charge >= 0.3 is 0 Å². The normalized spacial score (nSPS) is 22.6. The van der Waals surface area contributed by atoms with Crippen molar-refractivity contribution in [3.63, 3.8) is 0 Å². The van der Waals surface area contributed by atoms with E-state index in [1.165, 1.54) is 115 Å². The molecule has 426 valence electrons. The van der Waals surface area contributed by atoms with Crippen LogP contribution in [0, 0.1) is 0 Å². The van der Waals surface area contributed by atoms with Crippen LogP contribution in [0.1, 0.15) is 117 Å². The summed E-state index contributed by atoms with van der Waals surface area (Å²) in [4.78, 5) is 10.8. The summed E-state index contributed by atoms with van der Waals surface area (Å²) in [7, 11) is 0. The summed E-state index contributed by atoms with van der Waals surface area (Å²) in [5.41, 5.74) is 25.5. The fraction of sp³-hybridized carbons (Fsp3) is 0.250. The van der Waals surface area contributed by atoms with Crippen molar-refractivity contribution in [3.05, 3.63) is 223 Å². The number of rotatable bonds is 5. The number of fused-ring (bicyclic) bond motifs is 16. The first-order valence-electron chi connectivity index (χ1n) is 32.0. The second-order valence-electron chi connectivity index (χ2n) is 28.2. The third-order valence-corrected chi connectivity index (χ3v) is 22.9. The van der Waals surface area contributed by atoms with Gasteiger partial charge in [0.15, 0.2) is 5.58 Å². The standard InChI is InChI=1S/C80H71BN4O2/c1-76(2,3)52-33-38-66-63(45-52)81-62-36-34-54(84-65-37-32-51(50-22-9-8-10-23-50)44-61(65)78(5)41-18-20-43-80(78,84)7)47-68(62)83(67-29-21-26-58-56-24-11-16-31-72(56)87-75(58)67)70-49-55(85-64-28-14-13-27-60(64)77(4)40-17-19-42-79(77,85)6)48-69(74(70)81)82(66)53-35-39-73-59(46-53)57-25-12-15-30-71(57)86-73/h8-16,21-39,44-49H,17-20,40-43H2,1-7H3. The van der Waals surface area contributed by atoms with Gasteiger partial charge in [0.05, 0.1) is 16.8 Å². The Morgan fingerprint density at radius 1 is 0.379 bits per heavy atom. The molecule has 2 aromatic heterocycles. The molecule has 6 nitrogen and oxygen atoms in total. The molecule has 2 fully saturated rings. The van der Waals surface area contributed by atoms with E-state index in [1.54, 1.807) is 0 Å². The van der Waals surface area contributed by atoms with Gasteiger partial charge in [-0.2, -0.15) is 0 Å². The number of hydrogen-bond donors (Lipinski definition) is 0. The molecule has 87 heavy (non-hydrogen) atoms. The first kappa shape index (κ1) is 51.3. The molecule has 0 spiro atoms. The number of benzene rings is 10. The Morgan fingerprint density at radius 3 is 1.74 bits per heavy atom. The van der Waals surface area contributed by atoms with Gasteiger partial charge in [0.25, 0.3) is 6.71 Å². The summed E-state index contributed by atoms with van der Waals surface area (Å²) in [5.74, 6) is 0. The van der Waals surface area contributed by atoms with E-state index in [4.69, 9.17) is 8.83 Å². The lowest BCUT2D eigenvalue weighted by Gasteiger charge is -2.51. The zero-order valence-electron chi connectivity index (χ0n) is 51.0. The van der Waals surface area contributed by atoms with Crippen molar-refractivity contribution >= 4 is 124 Å². The quantitative estimate of drug-likeness (QED) is 0.160. The molecular formula is C80H71BN4O2. The van der Waals surface area contributed by atoms with E-state index in [0.29, 0.717) is 0 Å². The zero-order valence-corrected chi connectivity index (χ0v) is 51.0. The lowest BCUT2D eigenvalue weighted by atomic mass is 9.33. The molecule has 7 heteroatoms. The van der Waals surface area contributed by atoms with Gasteiger partial charge < -0.3 is 28.4 Å². The molecule has 4 aliphatic heterocycles. The zero-order chi connectivity index (χ0) is 58.5. The van der Waals surface area contributed by atoms with Crippen LogP contribution in [0.5, 0.6) is 0 Å². The molecule has 0 N–H and O–H groups in total. The second-order valence-corrected chi connectivity index (χ2v) is 28.2. The Hall–Kier alpha value is -8.94. The van der Waals surface area contributed by atoms with Gasteiger partial charge in [0.2, 0.25) is 0 Å². The van der Waals surface area contributed by atoms with Crippen molar-refractivity contribution < 1.29 is 8.83 Å². The van der Waals surface area contributed by atoms with Crippen molar-refractivity contribution in [1.29, 1.82) is 0 Å². The number of para-hydroxylation sites is 4. The third-order valence-electron chi connectivity index (χ3n) is 22.9. The summed E-state index contributed by atoms with van der Waals surface area (Å²) in [6.45, 7) is 17.2. The highest BCUT2D eigenvalue weighted by molar-refractivity contribution is 7.00. The maximum absolute atomic E-state index is 7.25. The SMILES string of the molecule is CC(C)(C)c1ccc2c(c1)B1c3ccc(N4c5ccc(-c6ccccc6)cc5C5(C)CCCCC45C)cc3N(c3cccc4c3oc3ccccc34)c3cc(N4c5ccccc5C5(C)CCCCC45C)cc(c31)N2c1ccc2oc3ccccc3c2c1. The molecule has 10 aromatic carbocycles. The van der Waals surface area contributed by atoms with Crippen LogP contribution in [0.4, 0.5) is 56.9 Å². The number of furan rings is 2. The minimum atomic E-state index is -0.197. The van der Waals surface area contributed by atoms with Crippen LogP contribution in [0.3, 0.4) is 0 Å². The molecular weight excluding hydrogens is 1060 g/mol. The van der Waals surface area contributed by atoms with E-state index in [-0.39, 0.29) is 34.0 Å². The van der Waals surface area contributed by atoms with Crippen LogP contribution in [0.25, 0.3) is 55.0 Å². The van der Waals surface area contributed by atoms with Gasteiger partial charge in [0.1, 0.15) is 16.7 Å². The average molecular weight is 1130 g/mol. The minimum Gasteiger partial charge on any atom is -0.456 e. The first-order valence-corrected chi connectivity index (χ1v) is 32.0. The van der Waals surface area contributed by atoms with E-state index < -0.39 is 0 Å². The Labute approximate surface area is 510 Å². The molecule has 4 atom stereocenters. The highest BCUT2D eigenvalue weighted by atomic mass is 16.3. The van der Waals surface area contributed by atoms with E-state index >= 15 is 0 Å². The summed E-state index contributed by atoms with van der Waals surface area (Å²) in [6.07, 6.45) is 9.30. The molecule has 4 unspecified atom stereocenters. The van der Waals surface area contributed by atoms with Crippen LogP contribution in [-0.2, 0) is 16.2 Å². The average Bonchev–Trinajstić information content (AvgIpc) is 1.74. The van der Waals surface area contributed by atoms with Crippen molar-refractivity contribution in [2.24, 2.45) is 0 Å². The lowest BCUT2D eigenvalue weighted by molar-refractivity contribution is 0.195. The molecule has 0 amide bonds. The topological polar surface area (TPSA) is 39.2 Å². The summed E-state index contributed by atoms with van der Waals surface area (Å²) in [6, 6.07) is 78.7. The largest absolute Gasteiger partial charge is 0.456 e. The van der Waals surface area contributed by atoms with Crippen molar-refractivity contribution in [1.82, 2.24) is 0 Å². The minimum absolute atomic E-state index is 0.0564. The highest BCUT2D eigenvalue weighted by Gasteiger charge is 2.60. The highest BCUT2D eigenvalue weighted by Crippen LogP contribution is 2.64. The van der Waals surface area contributed by atoms with Crippen LogP contribution in [0.2, 0.25) is 0 Å². The van der Waals surface area contributed by atoms with Crippen LogP contribution >= 0.6 is 0 Å². The van der Waals surface area contributed by atoms with Crippen molar-refractivity contribution in [3.8, 4) is 11.1 Å². The molecule has 0 radical (unpaired) electrons. The van der Waals surface area contributed by atoms with Gasteiger partial charge in [-0.3, -0.25) is 0 Å². The summed E-state index contributed by atoms with van der Waals surface area (Å²) < 4.78 is 13.8. The molecule has 18 rings (SSSR count). The maximum Gasteiger partial charge on any atom is 0.252 e. The Balaban J connectivity index is 0.959. The van der Waals surface area contributed by atoms with Crippen LogP contribution < -0.4 is 36.0 Å². The molecule has 0 saturated heterocycles. The molecule has 2 aliphatic carbocycles. The van der Waals surface area contributed by atoms with Gasteiger partial charge in [-0.25, -0.2) is 0 Å². The Morgan fingerprint density at radius 2 is 0.966 bits per heavy atom.